The lowest BCUT2D eigenvalue weighted by atomic mass is 9.69. The number of hydrogen-bond acceptors (Lipinski definition) is 8. The highest BCUT2D eigenvalue weighted by Gasteiger charge is 2.34. The molecule has 0 saturated heterocycles. The molecule has 0 spiro atoms. The number of nitrogens with one attached hydrogen (secondary N) is 1. The van der Waals surface area contributed by atoms with E-state index in [1.807, 2.05) is 12.1 Å². The predicted molar refractivity (Wildman–Crippen MR) is 126 cm³/mol. The maximum atomic E-state index is 12.6. The fourth-order valence-corrected chi connectivity index (χ4v) is 5.76. The molecule has 3 heterocycles. The summed E-state index contributed by atoms with van der Waals surface area (Å²) in [6.07, 6.45) is 5.73. The Balaban J connectivity index is 1.40. The van der Waals surface area contributed by atoms with E-state index in [1.54, 1.807) is 23.6 Å². The number of fused-ring (bicyclic) bond motifs is 1. The van der Waals surface area contributed by atoms with Crippen LogP contribution in [0, 0.1) is 22.7 Å². The second kappa shape index (κ2) is 9.43. The predicted octanol–water partition coefficient (Wildman–Crippen LogP) is 5.34. The van der Waals surface area contributed by atoms with Crippen LogP contribution in [0.4, 0.5) is 5.00 Å². The van der Waals surface area contributed by atoms with Gasteiger partial charge in [0.1, 0.15) is 16.8 Å². The summed E-state index contributed by atoms with van der Waals surface area (Å²) >= 11 is 2.70. The van der Waals surface area contributed by atoms with Gasteiger partial charge >= 0.3 is 0 Å². The molecular weight excluding hydrogens is 442 g/mol. The molecule has 1 N–H and O–H groups in total. The van der Waals surface area contributed by atoms with Crippen molar-refractivity contribution in [2.24, 2.45) is 11.3 Å². The van der Waals surface area contributed by atoms with Gasteiger partial charge < -0.3 is 9.73 Å². The highest BCUT2D eigenvalue weighted by Crippen LogP contribution is 2.45. The third-order valence-electron chi connectivity index (χ3n) is 6.26. The van der Waals surface area contributed by atoms with E-state index in [1.165, 1.54) is 4.88 Å². The highest BCUT2D eigenvalue weighted by molar-refractivity contribution is 7.99. The zero-order valence-electron chi connectivity index (χ0n) is 18.3. The molecule has 1 atom stereocenters. The zero-order valence-corrected chi connectivity index (χ0v) is 20.0. The minimum Gasteiger partial charge on any atom is -0.410 e. The lowest BCUT2D eigenvalue weighted by molar-refractivity contribution is -0.113. The summed E-state index contributed by atoms with van der Waals surface area (Å²) in [6, 6.07) is 7.74. The molecule has 3 aromatic rings. The number of carbonyl (C=O) groups excluding carboxylic acids is 1. The fourth-order valence-electron chi connectivity index (χ4n) is 3.90. The summed E-state index contributed by atoms with van der Waals surface area (Å²) in [5.74, 6) is 0.821. The Labute approximate surface area is 195 Å². The Morgan fingerprint density at radius 3 is 2.97 bits per heavy atom. The van der Waals surface area contributed by atoms with E-state index in [0.717, 1.165) is 43.0 Å². The molecule has 1 aliphatic rings. The molecule has 1 amide bonds. The molecule has 0 unspecified atom stereocenters. The number of carbonyl (C=O) groups is 1. The van der Waals surface area contributed by atoms with Crippen LogP contribution in [0.1, 0.15) is 49.6 Å². The third kappa shape index (κ3) is 4.71. The molecule has 0 bridgehead atoms. The van der Waals surface area contributed by atoms with Crippen LogP contribution in [-0.4, -0.2) is 26.8 Å². The second-order valence-corrected chi connectivity index (χ2v) is 10.6. The Hall–Kier alpha value is -2.70. The number of aromatic nitrogens is 3. The van der Waals surface area contributed by atoms with Crippen molar-refractivity contribution in [2.75, 3.05) is 11.1 Å². The largest absolute Gasteiger partial charge is 0.410 e. The fraction of sp³-hybridized carbons (Fsp3) is 0.435. The minimum atomic E-state index is -0.201. The second-order valence-electron chi connectivity index (χ2n) is 8.53. The number of rotatable bonds is 7. The molecule has 0 fully saturated rings. The van der Waals surface area contributed by atoms with E-state index in [4.69, 9.17) is 4.42 Å². The van der Waals surface area contributed by atoms with Gasteiger partial charge in [0.15, 0.2) is 0 Å². The van der Waals surface area contributed by atoms with E-state index in [9.17, 15) is 10.1 Å². The van der Waals surface area contributed by atoms with E-state index >= 15 is 0 Å². The van der Waals surface area contributed by atoms with Gasteiger partial charge in [-0.25, -0.2) is 0 Å². The van der Waals surface area contributed by atoms with Crippen molar-refractivity contribution >= 4 is 34.0 Å². The number of anilines is 1. The number of nitrogens with zero attached hydrogens (tertiary/aromatic N) is 4. The van der Waals surface area contributed by atoms with Crippen LogP contribution in [-0.2, 0) is 17.6 Å². The van der Waals surface area contributed by atoms with Crippen molar-refractivity contribution in [3.8, 4) is 17.7 Å². The van der Waals surface area contributed by atoms with Gasteiger partial charge in [-0.2, -0.15) is 5.26 Å². The maximum absolute atomic E-state index is 12.6. The lowest BCUT2D eigenvalue weighted by Gasteiger charge is -2.36. The van der Waals surface area contributed by atoms with Crippen LogP contribution < -0.4 is 5.32 Å². The van der Waals surface area contributed by atoms with Crippen molar-refractivity contribution < 1.29 is 9.21 Å². The number of thioether (sulfide) groups is 1. The number of hydrogen-bond donors (Lipinski definition) is 1. The quantitative estimate of drug-likeness (QED) is 0.468. The number of amides is 1. The van der Waals surface area contributed by atoms with Crippen LogP contribution >= 0.6 is 23.1 Å². The molecule has 32 heavy (non-hydrogen) atoms. The average molecular weight is 468 g/mol. The Bertz CT molecular complexity index is 1150. The molecular formula is C23H25N5O2S2. The number of nitriles is 1. The van der Waals surface area contributed by atoms with Crippen molar-refractivity contribution in [1.29, 1.82) is 5.26 Å². The summed E-state index contributed by atoms with van der Waals surface area (Å²) in [7, 11) is 0. The van der Waals surface area contributed by atoms with E-state index in [-0.39, 0.29) is 17.1 Å². The van der Waals surface area contributed by atoms with Gasteiger partial charge in [0, 0.05) is 11.1 Å². The molecule has 0 radical (unpaired) electrons. The molecule has 0 aliphatic heterocycles. The van der Waals surface area contributed by atoms with Gasteiger partial charge in [0.25, 0.3) is 11.1 Å². The maximum Gasteiger partial charge on any atom is 0.277 e. The normalized spacial score (nSPS) is 15.8. The van der Waals surface area contributed by atoms with E-state index in [2.05, 4.69) is 47.3 Å². The lowest BCUT2D eigenvalue weighted by Crippen LogP contribution is -2.28. The molecule has 7 nitrogen and oxygen atoms in total. The topological polar surface area (TPSA) is 105 Å². The number of thiophene rings is 1. The van der Waals surface area contributed by atoms with Crippen LogP contribution in [0.5, 0.6) is 0 Å². The summed E-state index contributed by atoms with van der Waals surface area (Å²) in [5, 5.41) is 21.6. The van der Waals surface area contributed by atoms with Gasteiger partial charge in [0.05, 0.1) is 11.3 Å². The first-order chi connectivity index (χ1) is 15.4. The number of pyridine rings is 1. The van der Waals surface area contributed by atoms with Gasteiger partial charge in [-0.05, 0) is 48.3 Å². The molecule has 0 aromatic carbocycles. The van der Waals surface area contributed by atoms with Crippen LogP contribution in [0.3, 0.4) is 0 Å². The van der Waals surface area contributed by atoms with Crippen molar-refractivity contribution in [2.45, 2.75) is 51.7 Å². The van der Waals surface area contributed by atoms with Crippen molar-refractivity contribution in [3.63, 3.8) is 0 Å². The summed E-state index contributed by atoms with van der Waals surface area (Å²) in [6.45, 7) is 6.87. The van der Waals surface area contributed by atoms with Gasteiger partial charge in [-0.1, -0.05) is 45.0 Å². The summed E-state index contributed by atoms with van der Waals surface area (Å²) in [4.78, 5) is 18.0. The Morgan fingerprint density at radius 1 is 1.41 bits per heavy atom. The molecule has 3 aromatic heterocycles. The molecule has 0 saturated carbocycles. The van der Waals surface area contributed by atoms with Gasteiger partial charge in [-0.15, -0.1) is 21.5 Å². The Kier molecular flexibility index (Phi) is 6.63. The average Bonchev–Trinajstić information content (AvgIpc) is 3.42. The first-order valence-electron chi connectivity index (χ1n) is 10.6. The van der Waals surface area contributed by atoms with E-state index < -0.39 is 0 Å². The minimum absolute atomic E-state index is 0.114. The Morgan fingerprint density at radius 2 is 2.25 bits per heavy atom. The smallest absolute Gasteiger partial charge is 0.277 e. The molecule has 1 aliphatic carbocycles. The van der Waals surface area contributed by atoms with Crippen LogP contribution in [0.15, 0.2) is 34.0 Å². The van der Waals surface area contributed by atoms with Crippen LogP contribution in [0.2, 0.25) is 0 Å². The molecule has 166 valence electrons. The SMILES string of the molecule is CCC(C)(C)[C@@H]1CCc2c(sc(NC(=O)CSc3nnc(-c4ccccn4)o3)c2C#N)C1. The first-order valence-corrected chi connectivity index (χ1v) is 12.4. The molecule has 9 heteroatoms. The van der Waals surface area contributed by atoms with Crippen molar-refractivity contribution in [1.82, 2.24) is 15.2 Å². The van der Waals surface area contributed by atoms with Crippen molar-refractivity contribution in [3.05, 3.63) is 40.4 Å². The zero-order chi connectivity index (χ0) is 22.7. The third-order valence-corrected chi connectivity index (χ3v) is 8.25. The molecule has 4 rings (SSSR count). The standard InChI is InChI=1S/C23H25N5O2S2/c1-4-23(2,3)14-8-9-15-16(12-24)21(32-18(15)11-14)26-19(29)13-31-22-28-27-20(30-22)17-7-5-6-10-25-17/h5-7,10,14H,4,8-9,11,13H2,1-3H3,(H,26,29)/t14-/m1/s1. The highest BCUT2D eigenvalue weighted by atomic mass is 32.2. The monoisotopic (exact) mass is 467 g/mol. The first kappa shape index (κ1) is 22.5. The van der Waals surface area contributed by atoms with E-state index in [0.29, 0.717) is 33.3 Å². The van der Waals surface area contributed by atoms with Crippen LogP contribution in [0.25, 0.3) is 11.6 Å². The van der Waals surface area contributed by atoms with Gasteiger partial charge in [-0.3, -0.25) is 9.78 Å². The van der Waals surface area contributed by atoms with Gasteiger partial charge in [0.2, 0.25) is 5.91 Å². The summed E-state index contributed by atoms with van der Waals surface area (Å²) in [5.41, 5.74) is 2.59. The summed E-state index contributed by atoms with van der Waals surface area (Å²) < 4.78 is 5.58.